The molecular formula is C23H31NO6. The number of carbonyl (C=O) groups is 1. The van der Waals surface area contributed by atoms with Crippen LogP contribution in [0.2, 0.25) is 0 Å². The molecule has 0 heterocycles. The van der Waals surface area contributed by atoms with Gasteiger partial charge in [0.1, 0.15) is 0 Å². The lowest BCUT2D eigenvalue weighted by molar-refractivity contribution is -0.120. The predicted octanol–water partition coefficient (Wildman–Crippen LogP) is 3.89. The number of methoxy groups -OCH3 is 4. The lowest BCUT2D eigenvalue weighted by Gasteiger charge is -2.16. The maximum atomic E-state index is 10.7. The van der Waals surface area contributed by atoms with Crippen LogP contribution in [0, 0.1) is 0 Å². The number of benzene rings is 2. The van der Waals surface area contributed by atoms with E-state index in [1.807, 2.05) is 6.07 Å². The molecule has 0 radical (unpaired) electrons. The van der Waals surface area contributed by atoms with Crippen LogP contribution >= 0.6 is 0 Å². The first-order valence-electron chi connectivity index (χ1n) is 9.29. The summed E-state index contributed by atoms with van der Waals surface area (Å²) in [6.45, 7) is 7.74. The number of nitrogens with zero attached hydrogens (tertiary/aromatic N) is 1. The Balaban J connectivity index is 0.000000804. The summed E-state index contributed by atoms with van der Waals surface area (Å²) in [6, 6.07) is 8.81. The van der Waals surface area contributed by atoms with E-state index in [0.29, 0.717) is 40.8 Å². The first-order valence-corrected chi connectivity index (χ1v) is 9.29. The van der Waals surface area contributed by atoms with Crippen molar-refractivity contribution in [2.75, 3.05) is 49.1 Å². The van der Waals surface area contributed by atoms with E-state index < -0.39 is 0 Å². The molecule has 2 rings (SSSR count). The van der Waals surface area contributed by atoms with Gasteiger partial charge in [-0.05, 0) is 61.6 Å². The smallest absolute Gasteiger partial charge is 0.298 e. The van der Waals surface area contributed by atoms with Gasteiger partial charge in [-0.3, -0.25) is 4.79 Å². The molecule has 0 aliphatic heterocycles. The van der Waals surface area contributed by atoms with Gasteiger partial charge >= 0.3 is 0 Å². The van der Waals surface area contributed by atoms with Crippen LogP contribution in [0.3, 0.4) is 0 Å². The molecule has 0 saturated heterocycles. The molecule has 0 saturated carbocycles. The molecule has 0 aliphatic rings. The van der Waals surface area contributed by atoms with Crippen LogP contribution in [0.5, 0.6) is 28.7 Å². The van der Waals surface area contributed by atoms with E-state index >= 15 is 0 Å². The minimum absolute atomic E-state index is 0.309. The third kappa shape index (κ3) is 6.42. The average Bonchev–Trinajstić information content (AvgIpc) is 2.77. The molecule has 0 fully saturated rings. The quantitative estimate of drug-likeness (QED) is 0.574. The highest BCUT2D eigenvalue weighted by Crippen LogP contribution is 2.41. The zero-order valence-corrected chi connectivity index (χ0v) is 18.8. The van der Waals surface area contributed by atoms with E-state index in [0.717, 1.165) is 17.7 Å². The van der Waals surface area contributed by atoms with Gasteiger partial charge in [0.25, 0.3) is 6.47 Å². The van der Waals surface area contributed by atoms with Gasteiger partial charge in [0.05, 0.1) is 28.4 Å². The molecule has 7 nitrogen and oxygen atoms in total. The van der Waals surface area contributed by atoms with E-state index in [4.69, 9.17) is 23.7 Å². The standard InChI is InChI=1S/C19H20O6.C4H11N/c1-12(13-6-7-15(21-2)16(8-13)25-11-20)14-9-17(22-3)19(24-5)18(10-14)23-4;1-4-5(2)3/h6-11H,1H2,2-5H3;4H2,1-3H3. The van der Waals surface area contributed by atoms with Crippen molar-refractivity contribution < 1.29 is 28.5 Å². The van der Waals surface area contributed by atoms with Crippen LogP contribution in [0.4, 0.5) is 0 Å². The Bertz CT molecular complexity index is 823. The van der Waals surface area contributed by atoms with Gasteiger partial charge < -0.3 is 28.6 Å². The fourth-order valence-corrected chi connectivity index (χ4v) is 2.43. The molecule has 2 aromatic carbocycles. The molecule has 0 amide bonds. The number of ether oxygens (including phenoxy) is 5. The second-order valence-corrected chi connectivity index (χ2v) is 6.37. The van der Waals surface area contributed by atoms with Crippen molar-refractivity contribution in [3.8, 4) is 28.7 Å². The van der Waals surface area contributed by atoms with Crippen molar-refractivity contribution in [1.29, 1.82) is 0 Å². The van der Waals surface area contributed by atoms with Crippen molar-refractivity contribution in [3.05, 3.63) is 48.0 Å². The van der Waals surface area contributed by atoms with Crippen molar-refractivity contribution in [2.45, 2.75) is 6.92 Å². The fraction of sp³-hybridized carbons (Fsp3) is 0.348. The summed E-state index contributed by atoms with van der Waals surface area (Å²) in [5.74, 6) is 2.31. The summed E-state index contributed by atoms with van der Waals surface area (Å²) in [5.41, 5.74) is 2.22. The molecule has 7 heteroatoms. The molecule has 0 unspecified atom stereocenters. The number of rotatable bonds is 9. The lowest BCUT2D eigenvalue weighted by atomic mass is 9.98. The molecule has 30 heavy (non-hydrogen) atoms. The molecule has 2 aromatic rings. The fourth-order valence-electron chi connectivity index (χ4n) is 2.43. The Morgan fingerprint density at radius 1 is 0.867 bits per heavy atom. The van der Waals surface area contributed by atoms with Gasteiger partial charge in [-0.15, -0.1) is 0 Å². The predicted molar refractivity (Wildman–Crippen MR) is 118 cm³/mol. The van der Waals surface area contributed by atoms with Crippen LogP contribution in [0.15, 0.2) is 36.9 Å². The maximum Gasteiger partial charge on any atom is 0.298 e. The SMILES string of the molecule is C=C(c1ccc(OC)c(OC=O)c1)c1cc(OC)c(OC)c(OC)c1.CCN(C)C. The number of carbonyl (C=O) groups excluding carboxylic acids is 1. The molecule has 0 aromatic heterocycles. The zero-order chi connectivity index (χ0) is 22.7. The highest BCUT2D eigenvalue weighted by molar-refractivity contribution is 5.81. The second kappa shape index (κ2) is 12.4. The Labute approximate surface area is 178 Å². The van der Waals surface area contributed by atoms with Gasteiger partial charge in [0.15, 0.2) is 23.0 Å². The Morgan fingerprint density at radius 3 is 1.77 bits per heavy atom. The topological polar surface area (TPSA) is 66.5 Å². The van der Waals surface area contributed by atoms with E-state index in [1.54, 1.807) is 45.6 Å². The van der Waals surface area contributed by atoms with Gasteiger partial charge in [0.2, 0.25) is 5.75 Å². The van der Waals surface area contributed by atoms with E-state index in [1.165, 1.54) is 7.11 Å². The normalized spacial score (nSPS) is 9.87. The van der Waals surface area contributed by atoms with Crippen LogP contribution in [0.25, 0.3) is 5.57 Å². The maximum absolute atomic E-state index is 10.7. The minimum atomic E-state index is 0.309. The van der Waals surface area contributed by atoms with Crippen LogP contribution in [-0.4, -0.2) is 60.5 Å². The second-order valence-electron chi connectivity index (χ2n) is 6.37. The molecule has 0 bridgehead atoms. The first kappa shape index (κ1) is 24.8. The monoisotopic (exact) mass is 417 g/mol. The van der Waals surface area contributed by atoms with Crippen molar-refractivity contribution in [1.82, 2.24) is 4.90 Å². The molecule has 0 aliphatic carbocycles. The Morgan fingerprint density at radius 2 is 1.37 bits per heavy atom. The van der Waals surface area contributed by atoms with E-state index in [9.17, 15) is 4.79 Å². The number of hydrogen-bond acceptors (Lipinski definition) is 7. The summed E-state index contributed by atoms with van der Waals surface area (Å²) >= 11 is 0. The van der Waals surface area contributed by atoms with Crippen LogP contribution in [0.1, 0.15) is 18.1 Å². The van der Waals surface area contributed by atoms with E-state index in [2.05, 4.69) is 32.5 Å². The molecule has 0 atom stereocenters. The summed E-state index contributed by atoms with van der Waals surface area (Å²) in [7, 11) is 10.3. The first-order chi connectivity index (χ1) is 14.4. The molecular weight excluding hydrogens is 386 g/mol. The zero-order valence-electron chi connectivity index (χ0n) is 18.8. The van der Waals surface area contributed by atoms with Gasteiger partial charge in [-0.1, -0.05) is 19.6 Å². The molecule has 0 N–H and O–H groups in total. The Kier molecular flexibility index (Phi) is 10.3. The highest BCUT2D eigenvalue weighted by atomic mass is 16.5. The molecule has 164 valence electrons. The summed E-state index contributed by atoms with van der Waals surface area (Å²) in [5, 5.41) is 0. The lowest BCUT2D eigenvalue weighted by Crippen LogP contribution is -2.08. The molecule has 0 spiro atoms. The largest absolute Gasteiger partial charge is 0.493 e. The summed E-state index contributed by atoms with van der Waals surface area (Å²) in [6.07, 6.45) is 0. The summed E-state index contributed by atoms with van der Waals surface area (Å²) < 4.78 is 26.2. The third-order valence-corrected chi connectivity index (χ3v) is 4.33. The van der Waals surface area contributed by atoms with Gasteiger partial charge in [-0.2, -0.15) is 0 Å². The van der Waals surface area contributed by atoms with Crippen molar-refractivity contribution >= 4 is 12.0 Å². The van der Waals surface area contributed by atoms with Gasteiger partial charge in [-0.25, -0.2) is 0 Å². The van der Waals surface area contributed by atoms with Gasteiger partial charge in [0, 0.05) is 0 Å². The summed E-state index contributed by atoms with van der Waals surface area (Å²) in [4.78, 5) is 12.8. The number of hydrogen-bond donors (Lipinski definition) is 0. The average molecular weight is 418 g/mol. The van der Waals surface area contributed by atoms with Crippen LogP contribution < -0.4 is 23.7 Å². The van der Waals surface area contributed by atoms with Crippen molar-refractivity contribution in [3.63, 3.8) is 0 Å². The van der Waals surface area contributed by atoms with E-state index in [-0.39, 0.29) is 0 Å². The third-order valence-electron chi connectivity index (χ3n) is 4.33. The highest BCUT2D eigenvalue weighted by Gasteiger charge is 2.16. The van der Waals surface area contributed by atoms with Crippen LogP contribution in [-0.2, 0) is 4.79 Å². The minimum Gasteiger partial charge on any atom is -0.493 e. The van der Waals surface area contributed by atoms with Crippen molar-refractivity contribution in [2.24, 2.45) is 0 Å². The Hall–Kier alpha value is -3.19.